The van der Waals surface area contributed by atoms with Crippen LogP contribution in [0.15, 0.2) is 59.5 Å². The van der Waals surface area contributed by atoms with Gasteiger partial charge in [-0.05, 0) is 46.7 Å². The van der Waals surface area contributed by atoms with Crippen LogP contribution in [-0.2, 0) is 6.54 Å². The lowest BCUT2D eigenvalue weighted by atomic mass is 10.00. The van der Waals surface area contributed by atoms with Crippen molar-refractivity contribution in [2.75, 3.05) is 0 Å². The number of carbonyl (C=O) groups is 1. The van der Waals surface area contributed by atoms with Gasteiger partial charge in [0.1, 0.15) is 0 Å². The van der Waals surface area contributed by atoms with Crippen LogP contribution < -0.4 is 5.56 Å². The second-order valence-corrected chi connectivity index (χ2v) is 6.26. The number of benzene rings is 2. The molecule has 0 aliphatic carbocycles. The number of aromatic carboxylic acids is 1. The van der Waals surface area contributed by atoms with Crippen LogP contribution in [0.25, 0.3) is 10.8 Å². The Hall–Kier alpha value is -2.88. The van der Waals surface area contributed by atoms with Crippen molar-refractivity contribution in [3.8, 4) is 0 Å². The highest BCUT2D eigenvalue weighted by molar-refractivity contribution is 5.87. The highest BCUT2D eigenvalue weighted by Gasteiger charge is 2.08. The van der Waals surface area contributed by atoms with Gasteiger partial charge in [0.05, 0.1) is 12.1 Å². The molecule has 3 aromatic rings. The van der Waals surface area contributed by atoms with E-state index in [0.29, 0.717) is 17.8 Å². The molecule has 1 heterocycles. The van der Waals surface area contributed by atoms with Crippen molar-refractivity contribution in [1.82, 2.24) is 4.57 Å². The molecule has 0 saturated heterocycles. The molecule has 4 heteroatoms. The van der Waals surface area contributed by atoms with Crippen LogP contribution in [0.1, 0.15) is 41.3 Å². The molecule has 0 unspecified atom stereocenters. The summed E-state index contributed by atoms with van der Waals surface area (Å²) in [5, 5.41) is 10.7. The monoisotopic (exact) mass is 321 g/mol. The molecule has 0 amide bonds. The summed E-state index contributed by atoms with van der Waals surface area (Å²) in [5.41, 5.74) is 2.15. The predicted molar refractivity (Wildman–Crippen MR) is 94.8 cm³/mol. The molecule has 24 heavy (non-hydrogen) atoms. The Labute approximate surface area is 140 Å². The highest BCUT2D eigenvalue weighted by atomic mass is 16.4. The molecule has 0 saturated carbocycles. The van der Waals surface area contributed by atoms with Crippen molar-refractivity contribution in [3.63, 3.8) is 0 Å². The lowest BCUT2D eigenvalue weighted by Gasteiger charge is -2.10. The fourth-order valence-corrected chi connectivity index (χ4v) is 2.79. The molecule has 122 valence electrons. The summed E-state index contributed by atoms with van der Waals surface area (Å²) in [6, 6.07) is 14.5. The van der Waals surface area contributed by atoms with Gasteiger partial charge in [0.15, 0.2) is 0 Å². The lowest BCUT2D eigenvalue weighted by Crippen LogP contribution is -2.20. The summed E-state index contributed by atoms with van der Waals surface area (Å²) in [7, 11) is 0. The minimum atomic E-state index is -0.969. The van der Waals surface area contributed by atoms with E-state index in [1.165, 1.54) is 5.56 Å². The molecule has 0 spiro atoms. The van der Waals surface area contributed by atoms with Crippen LogP contribution in [0, 0.1) is 0 Å². The molecule has 0 aliphatic heterocycles. The minimum Gasteiger partial charge on any atom is -0.478 e. The minimum absolute atomic E-state index is 0.0662. The molecular formula is C20H19NO3. The summed E-state index contributed by atoms with van der Waals surface area (Å²) >= 11 is 0. The Kier molecular flexibility index (Phi) is 4.21. The first kappa shape index (κ1) is 16.0. The lowest BCUT2D eigenvalue weighted by molar-refractivity contribution is 0.0696. The molecule has 1 aromatic heterocycles. The van der Waals surface area contributed by atoms with Gasteiger partial charge in [-0.1, -0.05) is 38.1 Å². The smallest absolute Gasteiger partial charge is 0.335 e. The number of hydrogen-bond acceptors (Lipinski definition) is 2. The van der Waals surface area contributed by atoms with Crippen LogP contribution in [-0.4, -0.2) is 15.6 Å². The Bertz CT molecular complexity index is 970. The third kappa shape index (κ3) is 3.08. The van der Waals surface area contributed by atoms with Crippen LogP contribution in [0.3, 0.4) is 0 Å². The Morgan fingerprint density at radius 1 is 1.12 bits per heavy atom. The second kappa shape index (κ2) is 6.32. The third-order valence-electron chi connectivity index (χ3n) is 4.19. The van der Waals surface area contributed by atoms with Gasteiger partial charge in [0, 0.05) is 11.6 Å². The largest absolute Gasteiger partial charge is 0.478 e. The number of rotatable bonds is 4. The maximum atomic E-state index is 12.7. The maximum absolute atomic E-state index is 12.7. The van der Waals surface area contributed by atoms with Crippen molar-refractivity contribution in [2.45, 2.75) is 26.3 Å². The predicted octanol–water partition coefficient (Wildman–Crippen LogP) is 3.87. The van der Waals surface area contributed by atoms with Gasteiger partial charge in [0.25, 0.3) is 5.56 Å². The second-order valence-electron chi connectivity index (χ2n) is 6.26. The average Bonchev–Trinajstić information content (AvgIpc) is 2.57. The van der Waals surface area contributed by atoms with Crippen molar-refractivity contribution in [2.24, 2.45) is 0 Å². The van der Waals surface area contributed by atoms with Crippen LogP contribution in [0.4, 0.5) is 0 Å². The first-order valence-electron chi connectivity index (χ1n) is 7.91. The van der Waals surface area contributed by atoms with E-state index in [2.05, 4.69) is 19.9 Å². The summed E-state index contributed by atoms with van der Waals surface area (Å²) in [4.78, 5) is 23.7. The van der Waals surface area contributed by atoms with E-state index in [1.807, 2.05) is 24.3 Å². The number of hydrogen-bond donors (Lipinski definition) is 1. The number of carboxylic acids is 1. The molecule has 3 rings (SSSR count). The van der Waals surface area contributed by atoms with Gasteiger partial charge in [-0.2, -0.15) is 0 Å². The number of fused-ring (bicyclic) bond motifs is 1. The number of carboxylic acid groups (broad SMARTS) is 1. The fraction of sp³-hybridized carbons (Fsp3) is 0.200. The van der Waals surface area contributed by atoms with E-state index in [0.717, 1.165) is 10.9 Å². The van der Waals surface area contributed by atoms with E-state index in [1.54, 1.807) is 29.0 Å². The van der Waals surface area contributed by atoms with E-state index in [9.17, 15) is 9.59 Å². The van der Waals surface area contributed by atoms with Gasteiger partial charge in [-0.3, -0.25) is 4.79 Å². The molecule has 0 bridgehead atoms. The fourth-order valence-electron chi connectivity index (χ4n) is 2.79. The number of pyridine rings is 1. The van der Waals surface area contributed by atoms with E-state index < -0.39 is 5.97 Å². The van der Waals surface area contributed by atoms with Crippen molar-refractivity contribution < 1.29 is 9.90 Å². The Balaban J connectivity index is 2.00. The standard InChI is InChI=1S/C20H19NO3/c1-13(2)15-6-7-18-16(11-15)8-9-21(19(18)22)12-14-4-3-5-17(10-14)20(23)24/h3-11,13H,12H2,1-2H3,(H,23,24). The SMILES string of the molecule is CC(C)c1ccc2c(=O)n(Cc3cccc(C(=O)O)c3)ccc2c1. The zero-order valence-corrected chi connectivity index (χ0v) is 13.7. The van der Waals surface area contributed by atoms with Gasteiger partial charge in [0.2, 0.25) is 0 Å². The number of aromatic nitrogens is 1. The van der Waals surface area contributed by atoms with Crippen molar-refractivity contribution in [1.29, 1.82) is 0 Å². The van der Waals surface area contributed by atoms with Crippen LogP contribution in [0.2, 0.25) is 0 Å². The quantitative estimate of drug-likeness (QED) is 0.793. The van der Waals surface area contributed by atoms with Gasteiger partial charge < -0.3 is 9.67 Å². The molecular weight excluding hydrogens is 302 g/mol. The van der Waals surface area contributed by atoms with Gasteiger partial charge >= 0.3 is 5.97 Å². The van der Waals surface area contributed by atoms with Crippen molar-refractivity contribution >= 4 is 16.7 Å². The molecule has 2 aromatic carbocycles. The molecule has 0 radical (unpaired) electrons. The zero-order valence-electron chi connectivity index (χ0n) is 13.7. The maximum Gasteiger partial charge on any atom is 0.335 e. The molecule has 0 fully saturated rings. The summed E-state index contributed by atoms with van der Waals surface area (Å²) in [6.45, 7) is 4.59. The van der Waals surface area contributed by atoms with Crippen LogP contribution >= 0.6 is 0 Å². The average molecular weight is 321 g/mol. The zero-order chi connectivity index (χ0) is 17.3. The molecule has 0 atom stereocenters. The highest BCUT2D eigenvalue weighted by Crippen LogP contribution is 2.19. The number of nitrogens with zero attached hydrogens (tertiary/aromatic N) is 1. The molecule has 0 aliphatic rings. The molecule has 1 N–H and O–H groups in total. The topological polar surface area (TPSA) is 59.3 Å². The molecule has 4 nitrogen and oxygen atoms in total. The Morgan fingerprint density at radius 2 is 1.92 bits per heavy atom. The summed E-state index contributed by atoms with van der Waals surface area (Å²) in [5.74, 6) is -0.556. The van der Waals surface area contributed by atoms with Crippen molar-refractivity contribution in [3.05, 3.63) is 81.8 Å². The van der Waals surface area contributed by atoms with E-state index in [4.69, 9.17) is 5.11 Å². The van der Waals surface area contributed by atoms with Gasteiger partial charge in [-0.25, -0.2) is 4.79 Å². The summed E-state index contributed by atoms with van der Waals surface area (Å²) < 4.78 is 1.61. The summed E-state index contributed by atoms with van der Waals surface area (Å²) in [6.07, 6.45) is 1.77. The van der Waals surface area contributed by atoms with Gasteiger partial charge in [-0.15, -0.1) is 0 Å². The normalized spacial score (nSPS) is 11.1. The third-order valence-corrected chi connectivity index (χ3v) is 4.19. The Morgan fingerprint density at radius 3 is 2.62 bits per heavy atom. The van der Waals surface area contributed by atoms with E-state index >= 15 is 0 Å². The van der Waals surface area contributed by atoms with E-state index in [-0.39, 0.29) is 11.1 Å². The first-order chi connectivity index (χ1) is 11.5. The first-order valence-corrected chi connectivity index (χ1v) is 7.91. The van der Waals surface area contributed by atoms with Crippen LogP contribution in [0.5, 0.6) is 0 Å².